The minimum absolute atomic E-state index is 0.208. The van der Waals surface area contributed by atoms with E-state index in [1.807, 2.05) is 11.3 Å². The summed E-state index contributed by atoms with van der Waals surface area (Å²) in [4.78, 5) is 5.50. The third-order valence-corrected chi connectivity index (χ3v) is 24.3. The molecule has 4 heterocycles. The van der Waals surface area contributed by atoms with Crippen LogP contribution in [0.1, 0.15) is 74.9 Å². The number of thiophene rings is 1. The van der Waals surface area contributed by atoms with Crippen molar-refractivity contribution in [3.63, 3.8) is 0 Å². The molecule has 0 saturated heterocycles. The summed E-state index contributed by atoms with van der Waals surface area (Å²) in [6.07, 6.45) is 0. The molecule has 2 aliphatic heterocycles. The van der Waals surface area contributed by atoms with Gasteiger partial charge in [0, 0.05) is 81.5 Å². The van der Waals surface area contributed by atoms with Crippen molar-refractivity contribution in [2.45, 2.75) is 57.8 Å². The number of benzene rings is 15. The lowest BCUT2D eigenvalue weighted by atomic mass is 9.33. The van der Waals surface area contributed by atoms with Crippen molar-refractivity contribution < 1.29 is 4.42 Å². The van der Waals surface area contributed by atoms with Crippen LogP contribution in [0.15, 0.2) is 326 Å². The van der Waals surface area contributed by atoms with Crippen LogP contribution in [0.25, 0.3) is 120 Å². The molecule has 3 nitrogen and oxygen atoms in total. The number of fused-ring (bicyclic) bond motifs is 20. The Labute approximate surface area is 611 Å². The maximum absolute atomic E-state index is 7.26. The molecule has 0 bridgehead atoms. The second-order valence-electron chi connectivity index (χ2n) is 31.0. The van der Waals surface area contributed by atoms with Gasteiger partial charge in [0.2, 0.25) is 0 Å². The van der Waals surface area contributed by atoms with Crippen LogP contribution < -0.4 is 26.2 Å². The van der Waals surface area contributed by atoms with Crippen molar-refractivity contribution in [3.8, 4) is 77.9 Å². The van der Waals surface area contributed by atoms with Crippen molar-refractivity contribution in [1.29, 1.82) is 0 Å². The molecule has 0 unspecified atom stereocenters. The first-order chi connectivity index (χ1) is 50.9. The maximum Gasteiger partial charge on any atom is 0.252 e. The van der Waals surface area contributed by atoms with Gasteiger partial charge < -0.3 is 14.2 Å². The lowest BCUT2D eigenvalue weighted by Crippen LogP contribution is -2.61. The molecule has 21 rings (SSSR count). The molecule has 0 fully saturated rings. The SMILES string of the molecule is CC(C)(C)c1cc(-c2ccccc2)c(N2c3cc4c(cc3B3c5cc6sc7ccccc7c6cc5N(c5c(-c6ccccc6)cc(C(C)(C)C)cc5-c5ccccc5)c5cc(-c6cccc7c6oc6ccccc67)cc2c53)C2(c3ccccc3-c3ccccc32)c2ccccc2-4)c(-c2ccccc2)c1. The summed E-state index contributed by atoms with van der Waals surface area (Å²) in [5.41, 5.74) is 35.4. The number of hydrogen-bond acceptors (Lipinski definition) is 4. The van der Waals surface area contributed by atoms with Gasteiger partial charge in [0.1, 0.15) is 11.2 Å². The van der Waals surface area contributed by atoms with Crippen molar-refractivity contribution in [1.82, 2.24) is 0 Å². The summed E-state index contributed by atoms with van der Waals surface area (Å²) < 4.78 is 9.79. The highest BCUT2D eigenvalue weighted by atomic mass is 32.1. The molecule has 2 aromatic heterocycles. The van der Waals surface area contributed by atoms with E-state index in [1.165, 1.54) is 92.2 Å². The summed E-state index contributed by atoms with van der Waals surface area (Å²) in [5, 5.41) is 4.68. The van der Waals surface area contributed by atoms with Gasteiger partial charge >= 0.3 is 0 Å². The van der Waals surface area contributed by atoms with Gasteiger partial charge in [0.15, 0.2) is 0 Å². The van der Waals surface area contributed by atoms with Gasteiger partial charge in [-0.1, -0.05) is 296 Å². The Kier molecular flexibility index (Phi) is 13.1. The lowest BCUT2D eigenvalue weighted by molar-refractivity contribution is 0.590. The standard InChI is InChI=1S/C99H71BN2OS/c1-97(2,3)65-52-74(60-30-11-7-12-31-60)94(75(53-65)61-32-13-8-14-33-61)101-86-56-78-70-40-21-26-47-82(70)99(80-45-24-19-38-68(80)69-39-20-25-46-81(69)99)83(78)58-84(86)100-85-59-92-79(72-42-23-28-49-91(72)104-92)57-87(85)102(89-51-64(50-88(101)93(89)100)67-43-29-44-73-71-41-22-27-48-90(71)103-96(67)73)95-76(62-34-15-9-16-35-62)54-66(98(4,5)6)55-77(95)63-36-17-10-18-37-63/h7-59H,1-6H3. The normalized spacial score (nSPS) is 13.7. The molecular formula is C99H71BN2OS. The molecule has 104 heavy (non-hydrogen) atoms. The van der Waals surface area contributed by atoms with Gasteiger partial charge in [-0.2, -0.15) is 0 Å². The molecule has 15 aromatic carbocycles. The molecule has 0 radical (unpaired) electrons. The van der Waals surface area contributed by atoms with Crippen LogP contribution in [0.2, 0.25) is 0 Å². The Morgan fingerprint density at radius 3 is 1.22 bits per heavy atom. The van der Waals surface area contributed by atoms with Crippen LogP contribution >= 0.6 is 11.3 Å². The first kappa shape index (κ1) is 60.7. The number of nitrogens with zero attached hydrogens (tertiary/aromatic N) is 2. The zero-order valence-corrected chi connectivity index (χ0v) is 59.7. The second-order valence-corrected chi connectivity index (χ2v) is 32.0. The molecule has 5 heteroatoms. The minimum atomic E-state index is -0.626. The fourth-order valence-electron chi connectivity index (χ4n) is 18.4. The van der Waals surface area contributed by atoms with Crippen molar-refractivity contribution in [2.24, 2.45) is 0 Å². The average Bonchev–Trinajstić information content (AvgIpc) is 1.64. The molecule has 4 aliphatic rings. The third kappa shape index (κ3) is 8.77. The minimum Gasteiger partial charge on any atom is -0.455 e. The second kappa shape index (κ2) is 22.5. The number of anilines is 6. The van der Waals surface area contributed by atoms with E-state index in [2.05, 4.69) is 373 Å². The summed E-state index contributed by atoms with van der Waals surface area (Å²) in [7, 11) is 0. The molecule has 0 atom stereocenters. The molecular weight excluding hydrogens is 1280 g/mol. The Morgan fingerprint density at radius 1 is 0.298 bits per heavy atom. The third-order valence-electron chi connectivity index (χ3n) is 23.1. The number of para-hydroxylation sites is 2. The van der Waals surface area contributed by atoms with E-state index < -0.39 is 5.41 Å². The van der Waals surface area contributed by atoms with Crippen molar-refractivity contribution >= 4 is 111 Å². The van der Waals surface area contributed by atoms with Crippen molar-refractivity contribution in [3.05, 3.63) is 355 Å². The fourth-order valence-corrected chi connectivity index (χ4v) is 19.5. The van der Waals surface area contributed by atoms with E-state index in [0.29, 0.717) is 0 Å². The highest BCUT2D eigenvalue weighted by molar-refractivity contribution is 7.26. The highest BCUT2D eigenvalue weighted by Gasteiger charge is 2.54. The van der Waals surface area contributed by atoms with E-state index >= 15 is 0 Å². The van der Waals surface area contributed by atoms with Gasteiger partial charge in [-0.3, -0.25) is 0 Å². The van der Waals surface area contributed by atoms with Gasteiger partial charge in [-0.05, 0) is 177 Å². The molecule has 0 amide bonds. The summed E-state index contributed by atoms with van der Waals surface area (Å²) in [6, 6.07) is 123. The first-order valence-electron chi connectivity index (χ1n) is 36.6. The first-order valence-corrected chi connectivity index (χ1v) is 37.4. The topological polar surface area (TPSA) is 19.6 Å². The maximum atomic E-state index is 7.26. The number of furan rings is 1. The fraction of sp³-hybridized carbons (Fsp3) is 0.0909. The Bertz CT molecular complexity index is 6280. The molecule has 17 aromatic rings. The average molecular weight is 1350 g/mol. The van der Waals surface area contributed by atoms with Crippen molar-refractivity contribution in [2.75, 3.05) is 9.80 Å². The van der Waals surface area contributed by atoms with Gasteiger partial charge in [0.25, 0.3) is 6.71 Å². The van der Waals surface area contributed by atoms with Gasteiger partial charge in [-0.25, -0.2) is 0 Å². The van der Waals surface area contributed by atoms with E-state index in [0.717, 1.165) is 112 Å². The predicted molar refractivity (Wildman–Crippen MR) is 442 cm³/mol. The summed E-state index contributed by atoms with van der Waals surface area (Å²) >= 11 is 1.91. The quantitative estimate of drug-likeness (QED) is 0.148. The molecule has 0 N–H and O–H groups in total. The lowest BCUT2D eigenvalue weighted by Gasteiger charge is -2.46. The highest BCUT2D eigenvalue weighted by Crippen LogP contribution is 2.65. The zero-order valence-electron chi connectivity index (χ0n) is 58.9. The molecule has 1 spiro atoms. The monoisotopic (exact) mass is 1350 g/mol. The van der Waals surface area contributed by atoms with Gasteiger partial charge in [0.05, 0.1) is 16.8 Å². The van der Waals surface area contributed by atoms with E-state index in [1.54, 1.807) is 0 Å². The van der Waals surface area contributed by atoms with E-state index in [9.17, 15) is 0 Å². The van der Waals surface area contributed by atoms with Crippen LogP contribution in [0.4, 0.5) is 34.1 Å². The summed E-state index contributed by atoms with van der Waals surface area (Å²) in [5.74, 6) is 0. The van der Waals surface area contributed by atoms with Crippen LogP contribution in [0.3, 0.4) is 0 Å². The van der Waals surface area contributed by atoms with Crippen LogP contribution in [0, 0.1) is 0 Å². The van der Waals surface area contributed by atoms with Crippen LogP contribution in [-0.4, -0.2) is 6.71 Å². The number of rotatable bonds is 7. The zero-order chi connectivity index (χ0) is 69.5. The Morgan fingerprint density at radius 2 is 0.712 bits per heavy atom. The molecule has 2 aliphatic carbocycles. The Balaban J connectivity index is 0.998. The van der Waals surface area contributed by atoms with Crippen LogP contribution in [0.5, 0.6) is 0 Å². The van der Waals surface area contributed by atoms with E-state index in [4.69, 9.17) is 4.42 Å². The van der Waals surface area contributed by atoms with Gasteiger partial charge in [-0.15, -0.1) is 11.3 Å². The predicted octanol–water partition coefficient (Wildman–Crippen LogP) is 25.3. The smallest absolute Gasteiger partial charge is 0.252 e. The molecule has 492 valence electrons. The summed E-state index contributed by atoms with van der Waals surface area (Å²) in [6.45, 7) is 13.9. The number of hydrogen-bond donors (Lipinski definition) is 0. The Hall–Kier alpha value is -12.0. The van der Waals surface area contributed by atoms with Crippen LogP contribution in [-0.2, 0) is 16.2 Å². The largest absolute Gasteiger partial charge is 0.455 e. The van der Waals surface area contributed by atoms with E-state index in [-0.39, 0.29) is 17.5 Å². The molecule has 0 saturated carbocycles.